The molecule has 2 heteroatoms. The van der Waals surface area contributed by atoms with E-state index in [0.29, 0.717) is 10.8 Å². The third-order valence-electron chi connectivity index (χ3n) is 5.75. The molecule has 0 amide bonds. The zero-order valence-electron chi connectivity index (χ0n) is 12.9. The highest BCUT2D eigenvalue weighted by atomic mass is 14.9. The molecule has 3 rings (SSSR count). The van der Waals surface area contributed by atoms with Gasteiger partial charge in [-0.1, -0.05) is 45.9 Å². The fraction of sp³-hybridized carbons (Fsp3) is 0.500. The summed E-state index contributed by atoms with van der Waals surface area (Å²) < 4.78 is 0. The van der Waals surface area contributed by atoms with E-state index in [-0.39, 0.29) is 0 Å². The van der Waals surface area contributed by atoms with Gasteiger partial charge in [-0.05, 0) is 40.3 Å². The Morgan fingerprint density at radius 1 is 1.10 bits per heavy atom. The molecule has 1 N–H and O–H groups in total. The minimum atomic E-state index is 0.461. The molecule has 1 aromatic heterocycles. The van der Waals surface area contributed by atoms with Crippen molar-refractivity contribution in [2.45, 2.75) is 34.2 Å². The molecular weight excluding hydrogens is 244 g/mol. The van der Waals surface area contributed by atoms with Crippen molar-refractivity contribution in [3.63, 3.8) is 0 Å². The summed E-state index contributed by atoms with van der Waals surface area (Å²) in [4.78, 5) is 4.19. The van der Waals surface area contributed by atoms with Crippen LogP contribution in [0.3, 0.4) is 0 Å². The smallest absolute Gasteiger partial charge is 0.0346 e. The Bertz CT molecular complexity index is 609. The lowest BCUT2D eigenvalue weighted by molar-refractivity contribution is 0.457. The van der Waals surface area contributed by atoms with Gasteiger partial charge in [0.25, 0.3) is 0 Å². The minimum absolute atomic E-state index is 0.461. The van der Waals surface area contributed by atoms with Crippen LogP contribution in [-0.4, -0.2) is 11.5 Å². The molecule has 1 saturated carbocycles. The van der Waals surface area contributed by atoms with Crippen LogP contribution in [0.1, 0.15) is 33.3 Å². The molecule has 106 valence electrons. The zero-order valence-corrected chi connectivity index (χ0v) is 12.9. The molecule has 1 aromatic carbocycles. The molecule has 0 aliphatic heterocycles. The van der Waals surface area contributed by atoms with Crippen molar-refractivity contribution in [3.8, 4) is 0 Å². The van der Waals surface area contributed by atoms with Crippen LogP contribution in [0, 0.1) is 16.7 Å². The maximum atomic E-state index is 4.19. The van der Waals surface area contributed by atoms with Crippen molar-refractivity contribution in [1.29, 1.82) is 0 Å². The summed E-state index contributed by atoms with van der Waals surface area (Å²) in [6, 6.07) is 8.56. The van der Waals surface area contributed by atoms with E-state index < -0.39 is 0 Å². The molecule has 0 atom stereocenters. The lowest BCUT2D eigenvalue weighted by atomic mass is 10.0. The molecule has 1 fully saturated rings. The maximum Gasteiger partial charge on any atom is 0.0346 e. The van der Waals surface area contributed by atoms with E-state index in [1.807, 2.05) is 12.4 Å². The second-order valence-electron chi connectivity index (χ2n) is 7.14. The van der Waals surface area contributed by atoms with Crippen molar-refractivity contribution in [3.05, 3.63) is 42.2 Å². The Balaban J connectivity index is 1.67. The molecule has 1 heterocycles. The van der Waals surface area contributed by atoms with E-state index in [1.54, 1.807) is 0 Å². The van der Waals surface area contributed by atoms with Crippen LogP contribution in [0.2, 0.25) is 0 Å². The molecule has 0 spiro atoms. The fourth-order valence-corrected chi connectivity index (χ4v) is 3.54. The van der Waals surface area contributed by atoms with Crippen molar-refractivity contribution in [1.82, 2.24) is 10.3 Å². The van der Waals surface area contributed by atoms with Gasteiger partial charge in [0.2, 0.25) is 0 Å². The number of hydrogen-bond donors (Lipinski definition) is 1. The largest absolute Gasteiger partial charge is 0.312 e. The Morgan fingerprint density at radius 2 is 1.85 bits per heavy atom. The van der Waals surface area contributed by atoms with Gasteiger partial charge in [0.15, 0.2) is 0 Å². The molecule has 1 aliphatic rings. The van der Waals surface area contributed by atoms with Crippen molar-refractivity contribution in [2.24, 2.45) is 16.7 Å². The molecule has 2 nitrogen and oxygen atoms in total. The second kappa shape index (κ2) is 4.56. The molecule has 0 saturated heterocycles. The SMILES string of the molecule is CC1(C)C(CNCc2cccc3cnccc23)C1(C)C. The van der Waals surface area contributed by atoms with E-state index in [9.17, 15) is 0 Å². The van der Waals surface area contributed by atoms with Crippen LogP contribution in [0.25, 0.3) is 10.8 Å². The number of benzene rings is 1. The molecule has 2 aromatic rings. The molecule has 0 radical (unpaired) electrons. The van der Waals surface area contributed by atoms with Crippen LogP contribution in [0.5, 0.6) is 0 Å². The number of aromatic nitrogens is 1. The highest BCUT2D eigenvalue weighted by Crippen LogP contribution is 2.67. The molecule has 0 unspecified atom stereocenters. The van der Waals surface area contributed by atoms with Crippen LogP contribution >= 0.6 is 0 Å². The first-order chi connectivity index (χ1) is 9.44. The first-order valence-corrected chi connectivity index (χ1v) is 7.47. The minimum Gasteiger partial charge on any atom is -0.312 e. The lowest BCUT2D eigenvalue weighted by Crippen LogP contribution is -2.19. The van der Waals surface area contributed by atoms with Crippen molar-refractivity contribution < 1.29 is 0 Å². The highest BCUT2D eigenvalue weighted by molar-refractivity contribution is 5.84. The number of fused-ring (bicyclic) bond motifs is 1. The first-order valence-electron chi connectivity index (χ1n) is 7.47. The van der Waals surface area contributed by atoms with Crippen LogP contribution in [0.4, 0.5) is 0 Å². The quantitative estimate of drug-likeness (QED) is 0.906. The Morgan fingerprint density at radius 3 is 2.55 bits per heavy atom. The zero-order chi connectivity index (χ0) is 14.4. The third kappa shape index (κ3) is 2.03. The molecular formula is C18H24N2. The maximum absolute atomic E-state index is 4.19. The predicted octanol–water partition coefficient (Wildman–Crippen LogP) is 4.01. The average Bonchev–Trinajstić information content (AvgIpc) is 2.81. The number of pyridine rings is 1. The summed E-state index contributed by atoms with van der Waals surface area (Å²) in [6.07, 6.45) is 3.81. The standard InChI is InChI=1S/C18H24N2/c1-17(2)16(18(17,3)4)12-20-11-14-7-5-6-13-10-19-9-8-15(13)14/h5-10,16,20H,11-12H2,1-4H3. The number of nitrogens with zero attached hydrogens (tertiary/aromatic N) is 1. The number of hydrogen-bond acceptors (Lipinski definition) is 2. The summed E-state index contributed by atoms with van der Waals surface area (Å²) in [5.41, 5.74) is 2.28. The first kappa shape index (κ1) is 13.6. The van der Waals surface area contributed by atoms with E-state index in [1.165, 1.54) is 16.3 Å². The van der Waals surface area contributed by atoms with Gasteiger partial charge < -0.3 is 5.32 Å². The van der Waals surface area contributed by atoms with Crippen LogP contribution in [0.15, 0.2) is 36.7 Å². The van der Waals surface area contributed by atoms with Crippen molar-refractivity contribution >= 4 is 10.8 Å². The predicted molar refractivity (Wildman–Crippen MR) is 84.5 cm³/mol. The lowest BCUT2D eigenvalue weighted by Gasteiger charge is -2.09. The number of rotatable bonds is 4. The van der Waals surface area contributed by atoms with Crippen LogP contribution in [-0.2, 0) is 6.54 Å². The fourth-order valence-electron chi connectivity index (χ4n) is 3.54. The normalized spacial score (nSPS) is 20.2. The summed E-state index contributed by atoms with van der Waals surface area (Å²) in [6.45, 7) is 11.5. The van der Waals surface area contributed by atoms with Crippen LogP contribution < -0.4 is 5.32 Å². The van der Waals surface area contributed by atoms with Gasteiger partial charge in [-0.15, -0.1) is 0 Å². The van der Waals surface area contributed by atoms with Gasteiger partial charge in [0.05, 0.1) is 0 Å². The van der Waals surface area contributed by atoms with Gasteiger partial charge in [0, 0.05) is 24.3 Å². The van der Waals surface area contributed by atoms with E-state index in [2.05, 4.69) is 62.3 Å². The molecule has 20 heavy (non-hydrogen) atoms. The van der Waals surface area contributed by atoms with E-state index in [4.69, 9.17) is 0 Å². The summed E-state index contributed by atoms with van der Waals surface area (Å²) in [7, 11) is 0. The second-order valence-corrected chi connectivity index (χ2v) is 7.14. The number of nitrogens with one attached hydrogen (secondary N) is 1. The highest BCUT2D eigenvalue weighted by Gasteiger charge is 2.63. The van der Waals surface area contributed by atoms with Gasteiger partial charge in [-0.25, -0.2) is 0 Å². The molecule has 0 bridgehead atoms. The Hall–Kier alpha value is -1.41. The van der Waals surface area contributed by atoms with E-state index >= 15 is 0 Å². The van der Waals surface area contributed by atoms with Gasteiger partial charge >= 0.3 is 0 Å². The molecule has 1 aliphatic carbocycles. The van der Waals surface area contributed by atoms with Crippen molar-refractivity contribution in [2.75, 3.05) is 6.54 Å². The van der Waals surface area contributed by atoms with Gasteiger partial charge in [-0.2, -0.15) is 0 Å². The van der Waals surface area contributed by atoms with E-state index in [0.717, 1.165) is 19.0 Å². The summed E-state index contributed by atoms with van der Waals surface area (Å²) >= 11 is 0. The monoisotopic (exact) mass is 268 g/mol. The summed E-state index contributed by atoms with van der Waals surface area (Å²) in [5.74, 6) is 0.770. The topological polar surface area (TPSA) is 24.9 Å². The third-order valence-corrected chi connectivity index (χ3v) is 5.75. The Labute approximate surface area is 121 Å². The van der Waals surface area contributed by atoms with Gasteiger partial charge in [0.1, 0.15) is 0 Å². The van der Waals surface area contributed by atoms with Gasteiger partial charge in [-0.3, -0.25) is 4.98 Å². The summed E-state index contributed by atoms with van der Waals surface area (Å²) in [5, 5.41) is 6.18. The average molecular weight is 268 g/mol. The Kier molecular flexibility index (Phi) is 3.09.